The molecular weight excluding hydrogens is 266 g/mol. The van der Waals surface area contributed by atoms with Crippen molar-refractivity contribution in [2.75, 3.05) is 18.2 Å². The van der Waals surface area contributed by atoms with Gasteiger partial charge in [0.1, 0.15) is 23.2 Å². The third-order valence-corrected chi connectivity index (χ3v) is 2.86. The quantitative estimate of drug-likeness (QED) is 0.875. The third-order valence-electron chi connectivity index (χ3n) is 2.86. The van der Waals surface area contributed by atoms with E-state index in [4.69, 9.17) is 15.7 Å². The number of nitrogens with two attached hydrogens (primary N) is 1. The van der Waals surface area contributed by atoms with Crippen LogP contribution in [0.5, 0.6) is 5.75 Å². The number of ether oxygens (including phenoxy) is 1. The Kier molecular flexibility index (Phi) is 4.57. The average molecular weight is 283 g/mol. The molecule has 1 heterocycles. The van der Waals surface area contributed by atoms with Crippen LogP contribution in [0.25, 0.3) is 0 Å². The van der Waals surface area contributed by atoms with Crippen LogP contribution in [0.3, 0.4) is 0 Å². The minimum absolute atomic E-state index is 0.420. The lowest BCUT2D eigenvalue weighted by atomic mass is 10.2. The molecule has 0 radical (unpaired) electrons. The first kappa shape index (κ1) is 14.6. The number of nitriles is 1. The molecule has 0 unspecified atom stereocenters. The van der Waals surface area contributed by atoms with Gasteiger partial charge in [0, 0.05) is 18.6 Å². The summed E-state index contributed by atoms with van der Waals surface area (Å²) >= 11 is 0. The molecule has 0 bridgehead atoms. The molecule has 3 N–H and O–H groups in total. The van der Waals surface area contributed by atoms with Gasteiger partial charge in [-0.05, 0) is 18.6 Å². The first-order chi connectivity index (χ1) is 10.2. The van der Waals surface area contributed by atoms with E-state index in [1.165, 1.54) is 0 Å². The summed E-state index contributed by atoms with van der Waals surface area (Å²) in [5.41, 5.74) is 7.05. The SMILES string of the molecule is CCCc1nc(N)cc(Nc2ccc(C#N)cc2OC)n1. The van der Waals surface area contributed by atoms with Crippen LogP contribution in [-0.4, -0.2) is 17.1 Å². The molecule has 0 saturated heterocycles. The summed E-state index contributed by atoms with van der Waals surface area (Å²) in [6.45, 7) is 2.06. The molecule has 0 atom stereocenters. The molecule has 6 nitrogen and oxygen atoms in total. The molecule has 1 aromatic heterocycles. The van der Waals surface area contributed by atoms with E-state index in [2.05, 4.69) is 28.3 Å². The summed E-state index contributed by atoms with van der Waals surface area (Å²) in [7, 11) is 1.55. The van der Waals surface area contributed by atoms with Crippen LogP contribution in [-0.2, 0) is 6.42 Å². The third kappa shape index (κ3) is 3.60. The highest BCUT2D eigenvalue weighted by molar-refractivity contribution is 5.66. The largest absolute Gasteiger partial charge is 0.495 e. The van der Waals surface area contributed by atoms with Crippen molar-refractivity contribution in [1.82, 2.24) is 9.97 Å². The average Bonchev–Trinajstić information content (AvgIpc) is 2.47. The lowest BCUT2D eigenvalue weighted by molar-refractivity contribution is 0.416. The first-order valence-corrected chi connectivity index (χ1v) is 6.65. The van der Waals surface area contributed by atoms with E-state index in [1.807, 2.05) is 0 Å². The van der Waals surface area contributed by atoms with Gasteiger partial charge in [-0.1, -0.05) is 6.92 Å². The fourth-order valence-corrected chi connectivity index (χ4v) is 1.92. The second-order valence-electron chi connectivity index (χ2n) is 4.50. The minimum Gasteiger partial charge on any atom is -0.495 e. The van der Waals surface area contributed by atoms with Gasteiger partial charge < -0.3 is 15.8 Å². The van der Waals surface area contributed by atoms with Crippen LogP contribution in [0.15, 0.2) is 24.3 Å². The number of aromatic nitrogens is 2. The number of nitrogens with one attached hydrogen (secondary N) is 1. The zero-order valence-electron chi connectivity index (χ0n) is 12.1. The van der Waals surface area contributed by atoms with Gasteiger partial charge in [0.25, 0.3) is 0 Å². The maximum atomic E-state index is 8.91. The molecule has 0 fully saturated rings. The maximum Gasteiger partial charge on any atom is 0.143 e. The van der Waals surface area contributed by atoms with Gasteiger partial charge in [-0.25, -0.2) is 9.97 Å². The predicted molar refractivity (Wildman–Crippen MR) is 81.4 cm³/mol. The van der Waals surface area contributed by atoms with E-state index in [-0.39, 0.29) is 0 Å². The summed E-state index contributed by atoms with van der Waals surface area (Å²) in [6.07, 6.45) is 1.72. The van der Waals surface area contributed by atoms with Crippen LogP contribution in [0, 0.1) is 11.3 Å². The van der Waals surface area contributed by atoms with E-state index < -0.39 is 0 Å². The van der Waals surface area contributed by atoms with Gasteiger partial charge in [0.05, 0.1) is 24.4 Å². The number of aryl methyl sites for hydroxylation is 1. The molecule has 6 heteroatoms. The summed E-state index contributed by atoms with van der Waals surface area (Å²) in [5, 5.41) is 12.1. The summed E-state index contributed by atoms with van der Waals surface area (Å²) in [4.78, 5) is 8.60. The summed E-state index contributed by atoms with van der Waals surface area (Å²) in [6, 6.07) is 8.89. The Hall–Kier alpha value is -2.81. The first-order valence-electron chi connectivity index (χ1n) is 6.65. The zero-order chi connectivity index (χ0) is 15.2. The van der Waals surface area contributed by atoms with Gasteiger partial charge in [0.2, 0.25) is 0 Å². The van der Waals surface area contributed by atoms with E-state index in [1.54, 1.807) is 31.4 Å². The number of rotatable bonds is 5. The van der Waals surface area contributed by atoms with Crippen molar-refractivity contribution in [3.8, 4) is 11.8 Å². The normalized spacial score (nSPS) is 9.95. The van der Waals surface area contributed by atoms with E-state index in [0.29, 0.717) is 28.8 Å². The predicted octanol–water partition coefficient (Wildman–Crippen LogP) is 2.64. The van der Waals surface area contributed by atoms with Crippen molar-refractivity contribution in [3.05, 3.63) is 35.7 Å². The second kappa shape index (κ2) is 6.57. The highest BCUT2D eigenvalue weighted by Crippen LogP contribution is 2.28. The van der Waals surface area contributed by atoms with Crippen molar-refractivity contribution in [2.24, 2.45) is 0 Å². The Morgan fingerprint density at radius 3 is 2.81 bits per heavy atom. The minimum atomic E-state index is 0.420. The van der Waals surface area contributed by atoms with Gasteiger partial charge in [-0.3, -0.25) is 0 Å². The van der Waals surface area contributed by atoms with Crippen molar-refractivity contribution in [2.45, 2.75) is 19.8 Å². The number of anilines is 3. The highest BCUT2D eigenvalue weighted by atomic mass is 16.5. The summed E-state index contributed by atoms with van der Waals surface area (Å²) in [5.74, 6) is 2.30. The second-order valence-corrected chi connectivity index (χ2v) is 4.50. The van der Waals surface area contributed by atoms with E-state index in [0.717, 1.165) is 18.5 Å². The zero-order valence-corrected chi connectivity index (χ0v) is 12.1. The van der Waals surface area contributed by atoms with Crippen LogP contribution >= 0.6 is 0 Å². The van der Waals surface area contributed by atoms with Gasteiger partial charge >= 0.3 is 0 Å². The number of benzene rings is 1. The van der Waals surface area contributed by atoms with Gasteiger partial charge in [-0.2, -0.15) is 5.26 Å². The Balaban J connectivity index is 2.31. The molecule has 0 aliphatic heterocycles. The molecule has 0 spiro atoms. The fraction of sp³-hybridized carbons (Fsp3) is 0.267. The van der Waals surface area contributed by atoms with E-state index >= 15 is 0 Å². The maximum absolute atomic E-state index is 8.91. The van der Waals surface area contributed by atoms with Crippen LogP contribution in [0.4, 0.5) is 17.3 Å². The number of hydrogen-bond donors (Lipinski definition) is 2. The van der Waals surface area contributed by atoms with Crippen molar-refractivity contribution in [3.63, 3.8) is 0 Å². The number of methoxy groups -OCH3 is 1. The smallest absolute Gasteiger partial charge is 0.143 e. The van der Waals surface area contributed by atoms with Crippen molar-refractivity contribution < 1.29 is 4.74 Å². The molecule has 0 amide bonds. The van der Waals surface area contributed by atoms with Crippen molar-refractivity contribution >= 4 is 17.3 Å². The topological polar surface area (TPSA) is 96.8 Å². The molecule has 21 heavy (non-hydrogen) atoms. The van der Waals surface area contributed by atoms with Gasteiger partial charge in [0.15, 0.2) is 0 Å². The molecule has 1 aromatic carbocycles. The molecule has 0 aliphatic rings. The lowest BCUT2D eigenvalue weighted by Crippen LogP contribution is -2.04. The van der Waals surface area contributed by atoms with Gasteiger partial charge in [-0.15, -0.1) is 0 Å². The Labute approximate surface area is 123 Å². The lowest BCUT2D eigenvalue weighted by Gasteiger charge is -2.12. The molecule has 0 aliphatic carbocycles. The Morgan fingerprint density at radius 1 is 1.33 bits per heavy atom. The van der Waals surface area contributed by atoms with Crippen LogP contribution < -0.4 is 15.8 Å². The van der Waals surface area contributed by atoms with Crippen molar-refractivity contribution in [1.29, 1.82) is 5.26 Å². The van der Waals surface area contributed by atoms with E-state index in [9.17, 15) is 0 Å². The number of nitrogen functional groups attached to an aromatic ring is 1. The van der Waals surface area contributed by atoms with Crippen LogP contribution in [0.2, 0.25) is 0 Å². The highest BCUT2D eigenvalue weighted by Gasteiger charge is 2.07. The molecule has 0 saturated carbocycles. The number of nitrogens with zero attached hydrogens (tertiary/aromatic N) is 3. The Morgan fingerprint density at radius 2 is 2.14 bits per heavy atom. The molecule has 108 valence electrons. The monoisotopic (exact) mass is 283 g/mol. The fourth-order valence-electron chi connectivity index (χ4n) is 1.92. The summed E-state index contributed by atoms with van der Waals surface area (Å²) < 4.78 is 5.28. The number of hydrogen-bond acceptors (Lipinski definition) is 6. The molecule has 2 aromatic rings. The molecular formula is C15H17N5O. The standard InChI is InChI=1S/C15H17N5O/c1-3-4-14-19-13(17)8-15(20-14)18-11-6-5-10(9-16)7-12(11)21-2/h5-8H,3-4H2,1-2H3,(H3,17,18,19,20). The van der Waals surface area contributed by atoms with Crippen LogP contribution in [0.1, 0.15) is 24.7 Å². The molecule has 2 rings (SSSR count). The Bertz CT molecular complexity index is 678.